The molecular formula is C6H6Cl5F. The molecule has 1 saturated carbocycles. The van der Waals surface area contributed by atoms with Crippen molar-refractivity contribution >= 4 is 58.0 Å². The van der Waals surface area contributed by atoms with Crippen molar-refractivity contribution in [2.45, 2.75) is 33.1 Å². The summed E-state index contributed by atoms with van der Waals surface area (Å²) in [4.78, 5) is 0. The lowest BCUT2D eigenvalue weighted by Crippen LogP contribution is -2.52. The molecule has 0 aromatic heterocycles. The summed E-state index contributed by atoms with van der Waals surface area (Å²) in [6, 6.07) is 0. The summed E-state index contributed by atoms with van der Waals surface area (Å²) in [6.07, 6.45) is -1.41. The van der Waals surface area contributed by atoms with Crippen LogP contribution in [-0.2, 0) is 0 Å². The van der Waals surface area contributed by atoms with E-state index in [0.717, 1.165) is 0 Å². The molecule has 0 amide bonds. The molecular weight excluding hydrogens is 268 g/mol. The third-order valence-electron chi connectivity index (χ3n) is 1.83. The van der Waals surface area contributed by atoms with Crippen LogP contribution in [0.5, 0.6) is 0 Å². The molecule has 0 saturated heterocycles. The number of hydrogen-bond donors (Lipinski definition) is 0. The van der Waals surface area contributed by atoms with Gasteiger partial charge in [-0.25, -0.2) is 4.39 Å². The van der Waals surface area contributed by atoms with Gasteiger partial charge >= 0.3 is 0 Å². The monoisotopic (exact) mass is 272 g/mol. The Labute approximate surface area is 95.2 Å². The predicted molar refractivity (Wildman–Crippen MR) is 53.1 cm³/mol. The molecule has 0 N–H and O–H groups in total. The first-order valence-electron chi connectivity index (χ1n) is 3.31. The first-order chi connectivity index (χ1) is 5.46. The van der Waals surface area contributed by atoms with E-state index in [1.54, 1.807) is 0 Å². The molecule has 1 aliphatic carbocycles. The average Bonchev–Trinajstić information content (AvgIpc) is 2.08. The van der Waals surface area contributed by atoms with Crippen LogP contribution in [0.15, 0.2) is 0 Å². The summed E-state index contributed by atoms with van der Waals surface area (Å²) < 4.78 is 13.2. The fourth-order valence-corrected chi connectivity index (χ4v) is 2.88. The fourth-order valence-electron chi connectivity index (χ4n) is 1.05. The highest BCUT2D eigenvalue weighted by Gasteiger charge is 2.48. The van der Waals surface area contributed by atoms with Gasteiger partial charge in [-0.05, 0) is 0 Å². The summed E-state index contributed by atoms with van der Waals surface area (Å²) in [5, 5.41) is -3.69. The van der Waals surface area contributed by atoms with Gasteiger partial charge in [0.05, 0.1) is 26.9 Å². The molecule has 0 bridgehead atoms. The van der Waals surface area contributed by atoms with Crippen molar-refractivity contribution in [3.8, 4) is 0 Å². The molecule has 1 aliphatic rings. The number of halogens is 6. The fraction of sp³-hybridized carbons (Fsp3) is 1.00. The highest BCUT2D eigenvalue weighted by molar-refractivity contribution is 6.41. The minimum atomic E-state index is -1.41. The largest absolute Gasteiger partial charge is 0.244 e. The van der Waals surface area contributed by atoms with E-state index in [0.29, 0.717) is 0 Å². The van der Waals surface area contributed by atoms with Gasteiger partial charge < -0.3 is 0 Å². The normalized spacial score (nSPS) is 55.5. The molecule has 72 valence electrons. The number of hydrogen-bond acceptors (Lipinski definition) is 0. The second kappa shape index (κ2) is 4.27. The quantitative estimate of drug-likeness (QED) is 0.594. The smallest absolute Gasteiger partial charge is 0.136 e. The van der Waals surface area contributed by atoms with Crippen molar-refractivity contribution < 1.29 is 4.39 Å². The van der Waals surface area contributed by atoms with E-state index in [1.165, 1.54) is 0 Å². The Bertz CT molecular complexity index is 107. The minimum absolute atomic E-state index is 0.592. The third-order valence-corrected chi connectivity index (χ3v) is 4.99. The van der Waals surface area contributed by atoms with Gasteiger partial charge in [0.25, 0.3) is 0 Å². The van der Waals surface area contributed by atoms with Gasteiger partial charge in [-0.15, -0.1) is 58.0 Å². The minimum Gasteiger partial charge on any atom is -0.244 e. The number of rotatable bonds is 0. The van der Waals surface area contributed by atoms with E-state index in [2.05, 4.69) is 0 Å². The van der Waals surface area contributed by atoms with Crippen molar-refractivity contribution in [1.82, 2.24) is 0 Å². The molecule has 0 radical (unpaired) electrons. The zero-order valence-corrected chi connectivity index (χ0v) is 9.51. The zero-order valence-electron chi connectivity index (χ0n) is 5.73. The van der Waals surface area contributed by atoms with Crippen molar-refractivity contribution in [2.75, 3.05) is 0 Å². The van der Waals surface area contributed by atoms with Crippen molar-refractivity contribution in [3.05, 3.63) is 0 Å². The SMILES string of the molecule is FC1C(Cl)C(Cl)C(Cl)C(Cl)C1Cl. The van der Waals surface area contributed by atoms with Crippen LogP contribution in [0.4, 0.5) is 4.39 Å². The second-order valence-corrected chi connectivity index (χ2v) is 5.19. The van der Waals surface area contributed by atoms with Gasteiger partial charge in [0, 0.05) is 0 Å². The van der Waals surface area contributed by atoms with Crippen molar-refractivity contribution in [3.63, 3.8) is 0 Å². The third kappa shape index (κ3) is 1.90. The summed E-state index contributed by atoms with van der Waals surface area (Å²) in [7, 11) is 0. The number of alkyl halides is 6. The molecule has 1 fully saturated rings. The van der Waals surface area contributed by atoms with Crippen molar-refractivity contribution in [1.29, 1.82) is 0 Å². The summed E-state index contributed by atoms with van der Waals surface area (Å²) >= 11 is 28.5. The Morgan fingerprint density at radius 2 is 0.833 bits per heavy atom. The molecule has 0 aliphatic heterocycles. The molecule has 0 aromatic rings. The Balaban J connectivity index is 2.76. The lowest BCUT2D eigenvalue weighted by molar-refractivity contribution is 0.270. The standard InChI is InChI=1S/C6H6Cl5F/c7-1-2(8)4(10)6(12)5(11)3(1)9/h1-6H. The summed E-state index contributed by atoms with van der Waals surface area (Å²) in [5.74, 6) is 0. The second-order valence-electron chi connectivity index (χ2n) is 2.67. The maximum atomic E-state index is 13.2. The average molecular weight is 274 g/mol. The van der Waals surface area contributed by atoms with Crippen LogP contribution in [0.3, 0.4) is 0 Å². The molecule has 12 heavy (non-hydrogen) atoms. The lowest BCUT2D eigenvalue weighted by atomic mass is 9.96. The molecule has 4 unspecified atom stereocenters. The lowest BCUT2D eigenvalue weighted by Gasteiger charge is -2.36. The highest BCUT2D eigenvalue weighted by Crippen LogP contribution is 2.38. The van der Waals surface area contributed by atoms with Gasteiger partial charge in [-0.2, -0.15) is 0 Å². The molecule has 0 aromatic carbocycles. The van der Waals surface area contributed by atoms with Gasteiger partial charge in [-0.3, -0.25) is 0 Å². The topological polar surface area (TPSA) is 0 Å². The van der Waals surface area contributed by atoms with Crippen LogP contribution in [0.1, 0.15) is 0 Å². The Kier molecular flexibility index (Phi) is 4.07. The first kappa shape index (κ1) is 11.5. The Hall–Kier alpha value is 1.38. The molecule has 0 heterocycles. The van der Waals surface area contributed by atoms with Gasteiger partial charge in [0.15, 0.2) is 0 Å². The van der Waals surface area contributed by atoms with Crippen LogP contribution in [0.2, 0.25) is 0 Å². The molecule has 0 spiro atoms. The molecule has 1 rings (SSSR count). The summed E-state index contributed by atoms with van der Waals surface area (Å²) in [6.45, 7) is 0. The molecule has 0 nitrogen and oxygen atoms in total. The van der Waals surface area contributed by atoms with Gasteiger partial charge in [0.1, 0.15) is 6.17 Å². The van der Waals surface area contributed by atoms with E-state index in [4.69, 9.17) is 58.0 Å². The predicted octanol–water partition coefficient (Wildman–Crippen LogP) is 3.38. The van der Waals surface area contributed by atoms with Crippen LogP contribution in [-0.4, -0.2) is 33.1 Å². The van der Waals surface area contributed by atoms with E-state index < -0.39 is 33.1 Å². The van der Waals surface area contributed by atoms with E-state index in [-0.39, 0.29) is 0 Å². The maximum Gasteiger partial charge on any atom is 0.136 e. The van der Waals surface area contributed by atoms with Crippen LogP contribution >= 0.6 is 58.0 Å². The van der Waals surface area contributed by atoms with Gasteiger partial charge in [-0.1, -0.05) is 0 Å². The van der Waals surface area contributed by atoms with Crippen LogP contribution in [0.25, 0.3) is 0 Å². The zero-order chi connectivity index (χ0) is 9.46. The van der Waals surface area contributed by atoms with E-state index >= 15 is 0 Å². The Morgan fingerprint density at radius 1 is 0.583 bits per heavy atom. The molecule has 4 atom stereocenters. The Morgan fingerprint density at radius 3 is 1.17 bits per heavy atom. The highest BCUT2D eigenvalue weighted by atomic mass is 35.5. The maximum absolute atomic E-state index is 13.2. The summed E-state index contributed by atoms with van der Waals surface area (Å²) in [5.41, 5.74) is 0. The van der Waals surface area contributed by atoms with Crippen LogP contribution in [0, 0.1) is 0 Å². The molecule has 6 heteroatoms. The van der Waals surface area contributed by atoms with E-state index in [9.17, 15) is 4.39 Å². The van der Waals surface area contributed by atoms with E-state index in [1.807, 2.05) is 0 Å². The van der Waals surface area contributed by atoms with Gasteiger partial charge in [0.2, 0.25) is 0 Å². The first-order valence-corrected chi connectivity index (χ1v) is 5.49. The van der Waals surface area contributed by atoms with Crippen LogP contribution < -0.4 is 0 Å². The van der Waals surface area contributed by atoms with Crippen molar-refractivity contribution in [2.24, 2.45) is 0 Å².